The highest BCUT2D eigenvalue weighted by molar-refractivity contribution is 6.07. The van der Waals surface area contributed by atoms with Gasteiger partial charge in [-0.3, -0.25) is 30.1 Å². The van der Waals surface area contributed by atoms with Crippen molar-refractivity contribution in [2.24, 2.45) is 0 Å². The van der Waals surface area contributed by atoms with Crippen LogP contribution in [0.3, 0.4) is 0 Å². The molecule has 4 N–H and O–H groups in total. The van der Waals surface area contributed by atoms with Crippen LogP contribution < -0.4 is 10.8 Å². The number of carbonyl (C=O) groups is 2. The molecule has 0 aromatic heterocycles. The minimum absolute atomic E-state index is 0.00795. The van der Waals surface area contributed by atoms with Gasteiger partial charge in [-0.2, -0.15) is 0 Å². The van der Waals surface area contributed by atoms with E-state index in [0.29, 0.717) is 34.9 Å². The van der Waals surface area contributed by atoms with Crippen LogP contribution in [0.25, 0.3) is 5.70 Å². The molecule has 2 amide bonds. The Morgan fingerprint density at radius 3 is 1.98 bits per heavy atom. The van der Waals surface area contributed by atoms with Crippen molar-refractivity contribution in [3.05, 3.63) is 165 Å². The molecule has 4 aromatic rings. The maximum absolute atomic E-state index is 14.2. The molecule has 2 heterocycles. The summed E-state index contributed by atoms with van der Waals surface area (Å²) in [6.07, 6.45) is 3.75. The number of dihydropyridines is 1. The van der Waals surface area contributed by atoms with Crippen molar-refractivity contribution in [2.45, 2.75) is 30.6 Å². The number of nitro benzene ring substituents is 1. The number of nitro groups is 1. The van der Waals surface area contributed by atoms with Crippen LogP contribution in [0.5, 0.6) is 0 Å². The molecule has 4 aromatic carbocycles. The van der Waals surface area contributed by atoms with Crippen molar-refractivity contribution < 1.29 is 24.9 Å². The quantitative estimate of drug-likeness (QED) is 0.0891. The van der Waals surface area contributed by atoms with Crippen LogP contribution in [-0.4, -0.2) is 63.3 Å². The van der Waals surface area contributed by atoms with Crippen LogP contribution in [0, 0.1) is 10.1 Å². The summed E-state index contributed by atoms with van der Waals surface area (Å²) >= 11 is 0. The van der Waals surface area contributed by atoms with Gasteiger partial charge in [0, 0.05) is 41.8 Å². The Bertz CT molecular complexity index is 1830. The Kier molecular flexibility index (Phi) is 10.5. The maximum atomic E-state index is 14.2. The average molecular weight is 674 g/mol. The summed E-state index contributed by atoms with van der Waals surface area (Å²) in [4.78, 5) is 40.3. The number of non-ortho nitro benzene ring substituents is 1. The van der Waals surface area contributed by atoms with E-state index in [1.807, 2.05) is 18.2 Å². The molecular formula is C39H39N5O6. The summed E-state index contributed by atoms with van der Waals surface area (Å²) < 4.78 is 0. The molecule has 1 atom stereocenters. The molecule has 50 heavy (non-hydrogen) atoms. The molecule has 0 radical (unpaired) electrons. The Morgan fingerprint density at radius 2 is 1.44 bits per heavy atom. The molecule has 2 aliphatic heterocycles. The third-order valence-electron chi connectivity index (χ3n) is 9.78. The molecule has 1 fully saturated rings. The number of amides is 2. The lowest BCUT2D eigenvalue weighted by Gasteiger charge is -2.43. The highest BCUT2D eigenvalue weighted by atomic mass is 16.6. The number of nitrogens with zero attached hydrogens (tertiary/aromatic N) is 3. The van der Waals surface area contributed by atoms with Crippen molar-refractivity contribution in [2.75, 3.05) is 26.2 Å². The van der Waals surface area contributed by atoms with E-state index in [2.05, 4.69) is 58.7 Å². The van der Waals surface area contributed by atoms with Crippen molar-refractivity contribution in [3.63, 3.8) is 0 Å². The summed E-state index contributed by atoms with van der Waals surface area (Å²) in [6, 6.07) is 35.7. The third-order valence-corrected chi connectivity index (χ3v) is 9.78. The number of rotatable bonds is 11. The first-order chi connectivity index (χ1) is 24.3. The first kappa shape index (κ1) is 34.3. The predicted octanol–water partition coefficient (Wildman–Crippen LogP) is 5.77. The number of carbonyl (C=O) groups excluding carboxylic acids is 2. The van der Waals surface area contributed by atoms with Gasteiger partial charge < -0.3 is 10.2 Å². The Balaban J connectivity index is 1.21. The number of piperidine rings is 1. The fraction of sp³-hybridized carbons (Fsp3) is 0.231. The van der Waals surface area contributed by atoms with E-state index < -0.39 is 22.7 Å². The molecule has 0 saturated carbocycles. The largest absolute Gasteiger partial charge is 0.360 e. The first-order valence-electron chi connectivity index (χ1n) is 16.6. The van der Waals surface area contributed by atoms with Crippen LogP contribution in [0.1, 0.15) is 47.4 Å². The van der Waals surface area contributed by atoms with E-state index in [1.165, 1.54) is 41.6 Å². The van der Waals surface area contributed by atoms with Gasteiger partial charge in [0.1, 0.15) is 0 Å². The van der Waals surface area contributed by atoms with E-state index in [4.69, 9.17) is 0 Å². The van der Waals surface area contributed by atoms with E-state index in [0.717, 1.165) is 25.9 Å². The number of hydroxylamine groups is 3. The third kappa shape index (κ3) is 7.06. The topological polar surface area (TPSA) is 148 Å². The second-order valence-corrected chi connectivity index (χ2v) is 12.6. The van der Waals surface area contributed by atoms with Gasteiger partial charge in [0.05, 0.1) is 16.2 Å². The molecule has 11 nitrogen and oxygen atoms in total. The van der Waals surface area contributed by atoms with Crippen molar-refractivity contribution in [3.8, 4) is 0 Å². The number of nitrogens with one attached hydrogen (secondary N) is 2. The highest BCUT2D eigenvalue weighted by Gasteiger charge is 2.39. The fourth-order valence-electron chi connectivity index (χ4n) is 7.18. The summed E-state index contributed by atoms with van der Waals surface area (Å²) in [7, 11) is 0. The van der Waals surface area contributed by atoms with Crippen LogP contribution >= 0.6 is 0 Å². The van der Waals surface area contributed by atoms with Gasteiger partial charge in [0.2, 0.25) is 0 Å². The minimum Gasteiger partial charge on any atom is -0.360 e. The van der Waals surface area contributed by atoms with Gasteiger partial charge in [-0.25, -0.2) is 10.5 Å². The molecule has 2 aliphatic rings. The highest BCUT2D eigenvalue weighted by Crippen LogP contribution is 2.42. The van der Waals surface area contributed by atoms with E-state index >= 15 is 0 Å². The molecule has 0 spiro atoms. The monoisotopic (exact) mass is 673 g/mol. The molecule has 1 unspecified atom stereocenters. The standard InChI is InChI=1S/C39H39N5O6/c45-37(41-47)33-27-40-36(29-11-4-1-5-12-29)35(34(33)28-17-19-32(20-18-28)44(49)50)38(46)43(48)24-10-23-42-25-21-39(22-26-42,30-13-6-2-7-14-30)31-15-8-3-9-16-31/h1-9,11-20,27,34,40,47-48H,10,21-26H2,(H,41,45). The van der Waals surface area contributed by atoms with E-state index in [1.54, 1.807) is 29.7 Å². The van der Waals surface area contributed by atoms with E-state index in [-0.39, 0.29) is 28.8 Å². The number of hydrogen-bond donors (Lipinski definition) is 4. The second kappa shape index (κ2) is 15.3. The predicted molar refractivity (Wildman–Crippen MR) is 188 cm³/mol. The second-order valence-electron chi connectivity index (χ2n) is 12.6. The number of likely N-dealkylation sites (tertiary alicyclic amines) is 1. The zero-order chi connectivity index (χ0) is 35.1. The molecule has 11 heteroatoms. The van der Waals surface area contributed by atoms with Gasteiger partial charge in [-0.1, -0.05) is 103 Å². The fourth-order valence-corrected chi connectivity index (χ4v) is 7.18. The zero-order valence-corrected chi connectivity index (χ0v) is 27.4. The summed E-state index contributed by atoms with van der Waals surface area (Å²) in [6.45, 7) is 2.39. The van der Waals surface area contributed by atoms with Crippen LogP contribution in [-0.2, 0) is 15.0 Å². The molecular weight excluding hydrogens is 634 g/mol. The number of benzene rings is 4. The van der Waals surface area contributed by atoms with Crippen LogP contribution in [0.4, 0.5) is 5.69 Å². The molecule has 256 valence electrons. The van der Waals surface area contributed by atoms with Crippen LogP contribution in [0.2, 0.25) is 0 Å². The lowest BCUT2D eigenvalue weighted by Crippen LogP contribution is -2.44. The Labute approximate surface area is 290 Å². The molecule has 0 bridgehead atoms. The van der Waals surface area contributed by atoms with Gasteiger partial charge in [-0.15, -0.1) is 0 Å². The maximum Gasteiger partial charge on any atom is 0.276 e. The molecule has 1 saturated heterocycles. The van der Waals surface area contributed by atoms with Gasteiger partial charge >= 0.3 is 0 Å². The van der Waals surface area contributed by atoms with E-state index in [9.17, 15) is 30.1 Å². The van der Waals surface area contributed by atoms with Crippen molar-refractivity contribution in [1.29, 1.82) is 0 Å². The SMILES string of the molecule is O=C(NO)C1=CNC(c2ccccc2)=C(C(=O)N(O)CCCN2CCC(c3ccccc3)(c3ccccc3)CC2)C1c1ccc([N+](=O)[O-])cc1. The van der Waals surface area contributed by atoms with Gasteiger partial charge in [0.25, 0.3) is 17.5 Å². The Morgan fingerprint density at radius 1 is 0.880 bits per heavy atom. The first-order valence-corrected chi connectivity index (χ1v) is 16.6. The summed E-state index contributed by atoms with van der Waals surface area (Å²) in [5, 5.41) is 35.9. The minimum atomic E-state index is -1.06. The molecule has 0 aliphatic carbocycles. The lowest BCUT2D eigenvalue weighted by molar-refractivity contribution is -0.384. The average Bonchev–Trinajstić information content (AvgIpc) is 3.18. The normalized spacial score (nSPS) is 17.3. The number of hydrogen-bond acceptors (Lipinski definition) is 8. The molecule has 6 rings (SSSR count). The van der Waals surface area contributed by atoms with Gasteiger partial charge in [0.15, 0.2) is 0 Å². The van der Waals surface area contributed by atoms with Gasteiger partial charge in [-0.05, 0) is 61.2 Å². The van der Waals surface area contributed by atoms with Crippen LogP contribution in [0.15, 0.2) is 133 Å². The lowest BCUT2D eigenvalue weighted by atomic mass is 9.68. The zero-order valence-electron chi connectivity index (χ0n) is 27.4. The van der Waals surface area contributed by atoms with Crippen molar-refractivity contribution >= 4 is 23.2 Å². The summed E-state index contributed by atoms with van der Waals surface area (Å²) in [5.41, 5.74) is 5.41. The smallest absolute Gasteiger partial charge is 0.276 e. The Hall–Kier alpha value is -5.62. The van der Waals surface area contributed by atoms with Crippen molar-refractivity contribution in [1.82, 2.24) is 20.8 Å². The summed E-state index contributed by atoms with van der Waals surface area (Å²) in [5.74, 6) is -2.66.